The van der Waals surface area contributed by atoms with E-state index in [4.69, 9.17) is 0 Å². The molecule has 2 heterocycles. The smallest absolute Gasteiger partial charge is 0.318 e. The Labute approximate surface area is 248 Å². The Morgan fingerprint density at radius 1 is 1.02 bits per heavy atom. The Morgan fingerprint density at radius 2 is 1.76 bits per heavy atom. The summed E-state index contributed by atoms with van der Waals surface area (Å²) in [5, 5.41) is 7.46. The zero-order valence-electron chi connectivity index (χ0n) is 24.9. The molecule has 1 aromatic heterocycles. The van der Waals surface area contributed by atoms with E-state index < -0.39 is 6.04 Å². The number of aryl methyl sites for hydroxylation is 1. The predicted molar refractivity (Wildman–Crippen MR) is 170 cm³/mol. The van der Waals surface area contributed by atoms with Crippen LogP contribution in [-0.4, -0.2) is 84.0 Å². The van der Waals surface area contributed by atoms with Crippen molar-refractivity contribution in [3.05, 3.63) is 71.4 Å². The summed E-state index contributed by atoms with van der Waals surface area (Å²) in [5.74, 6) is 1.51. The summed E-state index contributed by atoms with van der Waals surface area (Å²) in [6.07, 6.45) is 6.19. The highest BCUT2D eigenvalue weighted by Crippen LogP contribution is 2.46. The third-order valence-corrected chi connectivity index (χ3v) is 10.3. The molecule has 1 fully saturated rings. The van der Waals surface area contributed by atoms with Gasteiger partial charge in [-0.05, 0) is 74.9 Å². The fourth-order valence-electron chi connectivity index (χ4n) is 6.60. The van der Waals surface area contributed by atoms with Crippen molar-refractivity contribution in [1.82, 2.24) is 25.4 Å². The topological polar surface area (TPSA) is 80.5 Å². The van der Waals surface area contributed by atoms with Crippen molar-refractivity contribution in [2.75, 3.05) is 45.2 Å². The number of hydrogen-bond acceptors (Lipinski definition) is 4. The van der Waals surface area contributed by atoms with Crippen molar-refractivity contribution in [3.8, 4) is 0 Å². The van der Waals surface area contributed by atoms with E-state index in [9.17, 15) is 9.59 Å². The second kappa shape index (κ2) is 12.9. The van der Waals surface area contributed by atoms with Crippen LogP contribution in [0.3, 0.4) is 0 Å². The van der Waals surface area contributed by atoms with Crippen LogP contribution in [0.4, 0.5) is 4.79 Å². The standard InChI is InChI=1S/C33H45N5O2S/c1-23(22-41-20-19-37(3)4)35-31(39)30(24(2)27-21-34-29-12-8-6-10-26(27)29)36-32(40)38-17-15-33(16-18-38)14-13-25-9-5-7-11-28(25)33/h5-12,21,23-24,30,34H,13-20,22H2,1-4H3,(H,35,39)(H,36,40)/t23-,24+,30-/m1/s1. The quantitative estimate of drug-likeness (QED) is 0.293. The number of piperidine rings is 1. The van der Waals surface area contributed by atoms with E-state index in [-0.39, 0.29) is 29.3 Å². The number of nitrogens with one attached hydrogen (secondary N) is 3. The summed E-state index contributed by atoms with van der Waals surface area (Å²) < 4.78 is 0. The van der Waals surface area contributed by atoms with Crippen LogP contribution >= 0.6 is 11.8 Å². The fraction of sp³-hybridized carbons (Fsp3) is 0.515. The number of hydrogen-bond donors (Lipinski definition) is 3. The third-order valence-electron chi connectivity index (χ3n) is 9.08. The molecule has 0 bridgehead atoms. The maximum Gasteiger partial charge on any atom is 0.318 e. The molecule has 0 unspecified atom stereocenters. The Balaban J connectivity index is 1.27. The second-order valence-corrected chi connectivity index (χ2v) is 13.4. The van der Waals surface area contributed by atoms with Gasteiger partial charge in [-0.15, -0.1) is 0 Å². The number of likely N-dealkylation sites (tertiary alicyclic amines) is 1. The molecular weight excluding hydrogens is 530 g/mol. The van der Waals surface area contributed by atoms with E-state index in [1.54, 1.807) is 0 Å². The zero-order chi connectivity index (χ0) is 29.0. The highest BCUT2D eigenvalue weighted by Gasteiger charge is 2.42. The number of nitrogens with zero attached hydrogens (tertiary/aromatic N) is 2. The van der Waals surface area contributed by atoms with Gasteiger partial charge in [0.05, 0.1) is 0 Å². The van der Waals surface area contributed by atoms with Gasteiger partial charge < -0.3 is 25.4 Å². The lowest BCUT2D eigenvalue weighted by molar-refractivity contribution is -0.123. The first-order valence-electron chi connectivity index (χ1n) is 15.0. The van der Waals surface area contributed by atoms with Crippen molar-refractivity contribution < 1.29 is 9.59 Å². The largest absolute Gasteiger partial charge is 0.361 e. The number of H-pyrrole nitrogens is 1. The predicted octanol–water partition coefficient (Wildman–Crippen LogP) is 5.13. The van der Waals surface area contributed by atoms with Crippen LogP contribution in [0.2, 0.25) is 0 Å². The number of benzene rings is 2. The molecule has 41 heavy (non-hydrogen) atoms. The molecule has 3 aromatic rings. The monoisotopic (exact) mass is 575 g/mol. The number of fused-ring (bicyclic) bond motifs is 3. The zero-order valence-corrected chi connectivity index (χ0v) is 25.7. The molecule has 2 aromatic carbocycles. The number of rotatable bonds is 10. The van der Waals surface area contributed by atoms with Gasteiger partial charge in [0.15, 0.2) is 0 Å². The molecule has 220 valence electrons. The van der Waals surface area contributed by atoms with E-state index in [1.807, 2.05) is 54.9 Å². The van der Waals surface area contributed by atoms with Crippen LogP contribution in [0, 0.1) is 0 Å². The molecule has 1 spiro atoms. The summed E-state index contributed by atoms with van der Waals surface area (Å²) in [7, 11) is 4.14. The van der Waals surface area contributed by atoms with Crippen LogP contribution < -0.4 is 10.6 Å². The normalized spacial score (nSPS) is 18.3. The summed E-state index contributed by atoms with van der Waals surface area (Å²) in [5.41, 5.74) is 5.19. The second-order valence-electron chi connectivity index (χ2n) is 12.2. The van der Waals surface area contributed by atoms with Gasteiger partial charge >= 0.3 is 6.03 Å². The molecular formula is C33H45N5O2S. The molecule has 2 aliphatic rings. The molecule has 5 rings (SSSR count). The maximum absolute atomic E-state index is 13.8. The Bertz CT molecular complexity index is 1350. The van der Waals surface area contributed by atoms with Gasteiger partial charge in [0, 0.05) is 60.2 Å². The number of carbonyl (C=O) groups is 2. The summed E-state index contributed by atoms with van der Waals surface area (Å²) in [6, 6.07) is 16.1. The summed E-state index contributed by atoms with van der Waals surface area (Å²) in [6.45, 7) is 6.49. The molecule has 1 saturated heterocycles. The van der Waals surface area contributed by atoms with Crippen LogP contribution in [0.25, 0.3) is 10.9 Å². The highest BCUT2D eigenvalue weighted by atomic mass is 32.2. The molecule has 1 aliphatic heterocycles. The molecule has 0 saturated carbocycles. The van der Waals surface area contributed by atoms with Gasteiger partial charge in [-0.3, -0.25) is 4.79 Å². The van der Waals surface area contributed by atoms with Gasteiger partial charge in [0.2, 0.25) is 5.91 Å². The molecule has 3 N–H and O–H groups in total. The number of para-hydroxylation sites is 1. The van der Waals surface area contributed by atoms with Crippen LogP contribution in [0.5, 0.6) is 0 Å². The minimum atomic E-state index is -0.681. The maximum atomic E-state index is 13.8. The highest BCUT2D eigenvalue weighted by molar-refractivity contribution is 7.99. The van der Waals surface area contributed by atoms with Crippen molar-refractivity contribution in [3.63, 3.8) is 0 Å². The fourth-order valence-corrected chi connectivity index (χ4v) is 7.69. The van der Waals surface area contributed by atoms with Crippen LogP contribution in [-0.2, 0) is 16.6 Å². The Kier molecular flexibility index (Phi) is 9.29. The lowest BCUT2D eigenvalue weighted by Gasteiger charge is -2.40. The first kappa shape index (κ1) is 29.5. The van der Waals surface area contributed by atoms with Crippen LogP contribution in [0.15, 0.2) is 54.7 Å². The van der Waals surface area contributed by atoms with E-state index in [2.05, 4.69) is 64.9 Å². The molecule has 3 amide bonds. The van der Waals surface area contributed by atoms with E-state index in [0.29, 0.717) is 13.1 Å². The van der Waals surface area contributed by atoms with Gasteiger partial charge in [-0.25, -0.2) is 4.79 Å². The van der Waals surface area contributed by atoms with Gasteiger partial charge in [0.1, 0.15) is 6.04 Å². The molecule has 7 nitrogen and oxygen atoms in total. The number of carbonyl (C=O) groups excluding carboxylic acids is 2. The van der Waals surface area contributed by atoms with E-state index >= 15 is 0 Å². The van der Waals surface area contributed by atoms with Crippen molar-refractivity contribution in [2.45, 2.75) is 62.9 Å². The summed E-state index contributed by atoms with van der Waals surface area (Å²) in [4.78, 5) is 34.8. The van der Waals surface area contributed by atoms with Crippen molar-refractivity contribution in [1.29, 1.82) is 0 Å². The summed E-state index contributed by atoms with van der Waals surface area (Å²) >= 11 is 1.84. The van der Waals surface area contributed by atoms with Crippen LogP contribution in [0.1, 0.15) is 55.7 Å². The minimum Gasteiger partial charge on any atom is -0.361 e. The average molecular weight is 576 g/mol. The van der Waals surface area contributed by atoms with Gasteiger partial charge in [0.25, 0.3) is 0 Å². The minimum absolute atomic E-state index is 0.00140. The van der Waals surface area contributed by atoms with Gasteiger partial charge in [-0.1, -0.05) is 49.4 Å². The number of aromatic amines is 1. The first-order valence-corrected chi connectivity index (χ1v) is 16.2. The molecule has 1 aliphatic carbocycles. The number of aromatic nitrogens is 1. The first-order chi connectivity index (χ1) is 19.8. The lowest BCUT2D eigenvalue weighted by atomic mass is 9.74. The SMILES string of the molecule is C[C@H](CSCCN(C)C)NC(=O)[C@H](NC(=O)N1CCC2(CCc3ccccc32)CC1)[C@@H](C)c1c[nH]c2ccccc12. The number of amides is 3. The Hall–Kier alpha value is -2.97. The number of urea groups is 1. The lowest BCUT2D eigenvalue weighted by Crippen LogP contribution is -2.56. The van der Waals surface area contributed by atoms with Gasteiger partial charge in [-0.2, -0.15) is 11.8 Å². The molecule has 3 atom stereocenters. The third kappa shape index (κ3) is 6.59. The molecule has 8 heteroatoms. The Morgan fingerprint density at radius 3 is 2.54 bits per heavy atom. The average Bonchev–Trinajstić information content (AvgIpc) is 3.56. The van der Waals surface area contributed by atoms with E-state index in [0.717, 1.165) is 60.2 Å². The van der Waals surface area contributed by atoms with Crippen molar-refractivity contribution >= 4 is 34.6 Å². The number of thioether (sulfide) groups is 1. The van der Waals surface area contributed by atoms with Crippen molar-refractivity contribution in [2.24, 2.45) is 0 Å². The van der Waals surface area contributed by atoms with E-state index in [1.165, 1.54) is 11.1 Å². The molecule has 0 radical (unpaired) electrons.